The second-order valence-corrected chi connectivity index (χ2v) is 6.60. The third kappa shape index (κ3) is 4.96. The van der Waals surface area contributed by atoms with Crippen LogP contribution in [0.25, 0.3) is 0 Å². The summed E-state index contributed by atoms with van der Waals surface area (Å²) in [6, 6.07) is -0.232. The number of urea groups is 1. The van der Waals surface area contributed by atoms with Gasteiger partial charge in [-0.2, -0.15) is 5.10 Å². The zero-order valence-electron chi connectivity index (χ0n) is 14.8. The predicted molar refractivity (Wildman–Crippen MR) is 90.3 cm³/mol. The Morgan fingerprint density at radius 2 is 2.22 bits per heavy atom. The van der Waals surface area contributed by atoms with E-state index in [2.05, 4.69) is 22.7 Å². The Bertz CT molecular complexity index is 515. The molecule has 0 radical (unpaired) electrons. The molecule has 0 unspecified atom stereocenters. The van der Waals surface area contributed by atoms with Crippen LogP contribution in [0, 0.1) is 12.8 Å². The van der Waals surface area contributed by atoms with Crippen molar-refractivity contribution in [2.45, 2.75) is 58.6 Å². The van der Waals surface area contributed by atoms with E-state index in [9.17, 15) is 4.79 Å². The molecule has 0 saturated heterocycles. The second kappa shape index (κ2) is 8.34. The number of ether oxygens (including phenoxy) is 1. The summed E-state index contributed by atoms with van der Waals surface area (Å²) < 4.78 is 7.71. The molecule has 0 aromatic carbocycles. The van der Waals surface area contributed by atoms with Gasteiger partial charge in [-0.15, -0.1) is 0 Å². The minimum absolute atomic E-state index is 0.0667. The molecule has 0 spiro atoms. The third-order valence-electron chi connectivity index (χ3n) is 4.84. The van der Waals surface area contributed by atoms with Crippen LogP contribution in [-0.2, 0) is 11.8 Å². The first kappa shape index (κ1) is 17.8. The molecular weight excluding hydrogens is 292 g/mol. The van der Waals surface area contributed by atoms with Crippen molar-refractivity contribution in [3.63, 3.8) is 0 Å². The van der Waals surface area contributed by atoms with Crippen LogP contribution in [0.2, 0.25) is 0 Å². The monoisotopic (exact) mass is 322 g/mol. The number of rotatable bonds is 6. The van der Waals surface area contributed by atoms with Gasteiger partial charge in [0.05, 0.1) is 24.9 Å². The fourth-order valence-corrected chi connectivity index (χ4v) is 3.17. The summed E-state index contributed by atoms with van der Waals surface area (Å²) in [6.45, 7) is 7.32. The molecule has 1 fully saturated rings. The molecule has 0 aliphatic heterocycles. The summed E-state index contributed by atoms with van der Waals surface area (Å²) in [5, 5.41) is 10.0. The molecular formula is C17H30N4O2. The molecule has 6 nitrogen and oxygen atoms in total. The van der Waals surface area contributed by atoms with Crippen LogP contribution in [-0.4, -0.2) is 35.1 Å². The zero-order valence-corrected chi connectivity index (χ0v) is 14.8. The lowest BCUT2D eigenvalue weighted by molar-refractivity contribution is -0.00244. The molecule has 1 aliphatic rings. The highest BCUT2D eigenvalue weighted by Crippen LogP contribution is 2.25. The molecule has 130 valence electrons. The van der Waals surface area contributed by atoms with Gasteiger partial charge in [-0.1, -0.05) is 19.8 Å². The fraction of sp³-hybridized carbons (Fsp3) is 0.765. The van der Waals surface area contributed by atoms with E-state index in [0.717, 1.165) is 17.7 Å². The second-order valence-electron chi connectivity index (χ2n) is 6.60. The molecule has 1 saturated carbocycles. The fourth-order valence-electron chi connectivity index (χ4n) is 3.17. The van der Waals surface area contributed by atoms with Crippen LogP contribution < -0.4 is 10.6 Å². The maximum Gasteiger partial charge on any atom is 0.315 e. The Morgan fingerprint density at radius 3 is 2.87 bits per heavy atom. The highest BCUT2D eigenvalue weighted by atomic mass is 16.5. The standard InChI is InChI=1S/C17H30N4O2/c1-12-7-5-6-8-16(12)23-10-9-18-17(22)20-13(2)15-11-19-21(4)14(15)3/h11-13,16H,5-10H2,1-4H3,(H2,18,20,22)/t12-,13+,16-/m1/s1. The number of hydrogen-bond acceptors (Lipinski definition) is 3. The molecule has 1 aromatic rings. The molecule has 1 heterocycles. The Balaban J connectivity index is 1.66. The highest BCUT2D eigenvalue weighted by molar-refractivity contribution is 5.74. The lowest BCUT2D eigenvalue weighted by Gasteiger charge is -2.28. The van der Waals surface area contributed by atoms with Crippen LogP contribution in [0.15, 0.2) is 6.20 Å². The topological polar surface area (TPSA) is 68.2 Å². The van der Waals surface area contributed by atoms with E-state index >= 15 is 0 Å². The van der Waals surface area contributed by atoms with Crippen LogP contribution >= 0.6 is 0 Å². The van der Waals surface area contributed by atoms with Crippen LogP contribution in [0.5, 0.6) is 0 Å². The molecule has 1 aromatic heterocycles. The van der Waals surface area contributed by atoms with Gasteiger partial charge in [0, 0.05) is 24.8 Å². The van der Waals surface area contributed by atoms with E-state index in [4.69, 9.17) is 4.74 Å². The summed E-state index contributed by atoms with van der Waals surface area (Å²) in [7, 11) is 1.90. The van der Waals surface area contributed by atoms with Crippen LogP contribution in [0.3, 0.4) is 0 Å². The Kier molecular flexibility index (Phi) is 6.45. The number of amides is 2. The molecule has 1 aliphatic carbocycles. The zero-order chi connectivity index (χ0) is 16.8. The molecule has 6 heteroatoms. The number of nitrogens with zero attached hydrogens (tertiary/aromatic N) is 2. The van der Waals surface area contributed by atoms with Gasteiger partial charge in [0.15, 0.2) is 0 Å². The van der Waals surface area contributed by atoms with Gasteiger partial charge in [0.2, 0.25) is 0 Å². The van der Waals surface area contributed by atoms with Crippen molar-refractivity contribution in [2.75, 3.05) is 13.2 Å². The number of hydrogen-bond donors (Lipinski definition) is 2. The maximum absolute atomic E-state index is 12.0. The van der Waals surface area contributed by atoms with Crippen molar-refractivity contribution in [1.82, 2.24) is 20.4 Å². The first-order valence-electron chi connectivity index (χ1n) is 8.63. The SMILES string of the molecule is Cc1c([C@H](C)NC(=O)NCCO[C@@H]2CCCC[C@H]2C)cnn1C. The Labute approximate surface area is 139 Å². The van der Waals surface area contributed by atoms with E-state index in [1.807, 2.05) is 25.6 Å². The first-order valence-corrected chi connectivity index (χ1v) is 8.63. The van der Waals surface area contributed by atoms with Gasteiger partial charge in [0.25, 0.3) is 0 Å². The minimum atomic E-state index is -0.166. The summed E-state index contributed by atoms with van der Waals surface area (Å²) in [5.41, 5.74) is 2.10. The summed E-state index contributed by atoms with van der Waals surface area (Å²) in [6.07, 6.45) is 7.11. The van der Waals surface area contributed by atoms with Gasteiger partial charge < -0.3 is 15.4 Å². The first-order chi connectivity index (χ1) is 11.0. The lowest BCUT2D eigenvalue weighted by Crippen LogP contribution is -2.39. The van der Waals surface area contributed by atoms with E-state index in [-0.39, 0.29) is 12.1 Å². The van der Waals surface area contributed by atoms with Crippen molar-refractivity contribution >= 4 is 6.03 Å². The highest BCUT2D eigenvalue weighted by Gasteiger charge is 2.21. The maximum atomic E-state index is 12.0. The van der Waals surface area contributed by atoms with Crippen molar-refractivity contribution in [1.29, 1.82) is 0 Å². The Hall–Kier alpha value is -1.56. The van der Waals surface area contributed by atoms with Crippen molar-refractivity contribution < 1.29 is 9.53 Å². The molecule has 2 amide bonds. The quantitative estimate of drug-likeness (QED) is 0.791. The van der Waals surface area contributed by atoms with Gasteiger partial charge >= 0.3 is 6.03 Å². The smallest absolute Gasteiger partial charge is 0.315 e. The van der Waals surface area contributed by atoms with Gasteiger partial charge in [-0.25, -0.2) is 4.79 Å². The van der Waals surface area contributed by atoms with Gasteiger partial charge in [-0.05, 0) is 32.6 Å². The number of nitrogens with one attached hydrogen (secondary N) is 2. The summed E-state index contributed by atoms with van der Waals surface area (Å²) in [4.78, 5) is 12.0. The summed E-state index contributed by atoms with van der Waals surface area (Å²) in [5.74, 6) is 0.631. The largest absolute Gasteiger partial charge is 0.376 e. The van der Waals surface area contributed by atoms with E-state index in [1.165, 1.54) is 19.3 Å². The third-order valence-corrected chi connectivity index (χ3v) is 4.84. The average molecular weight is 322 g/mol. The van der Waals surface area contributed by atoms with E-state index < -0.39 is 0 Å². The number of aryl methyl sites for hydroxylation is 1. The van der Waals surface area contributed by atoms with Crippen LogP contribution in [0.4, 0.5) is 4.79 Å². The molecule has 2 N–H and O–H groups in total. The normalized spacial score (nSPS) is 22.6. The number of aromatic nitrogens is 2. The molecule has 23 heavy (non-hydrogen) atoms. The van der Waals surface area contributed by atoms with E-state index in [1.54, 1.807) is 6.20 Å². The van der Waals surface area contributed by atoms with Gasteiger partial charge in [-0.3, -0.25) is 4.68 Å². The minimum Gasteiger partial charge on any atom is -0.376 e. The number of carbonyl (C=O) groups excluding carboxylic acids is 1. The number of carbonyl (C=O) groups is 1. The summed E-state index contributed by atoms with van der Waals surface area (Å²) >= 11 is 0. The predicted octanol–water partition coefficient (Wildman–Crippen LogP) is 2.68. The molecule has 2 rings (SSSR count). The van der Waals surface area contributed by atoms with Crippen molar-refractivity contribution in [2.24, 2.45) is 13.0 Å². The van der Waals surface area contributed by atoms with Crippen molar-refractivity contribution in [3.05, 3.63) is 17.5 Å². The van der Waals surface area contributed by atoms with Crippen LogP contribution in [0.1, 0.15) is 56.8 Å². The Morgan fingerprint density at radius 1 is 1.48 bits per heavy atom. The van der Waals surface area contributed by atoms with Crippen molar-refractivity contribution in [3.8, 4) is 0 Å². The molecule has 3 atom stereocenters. The average Bonchev–Trinajstić information content (AvgIpc) is 2.85. The van der Waals surface area contributed by atoms with E-state index in [0.29, 0.717) is 25.2 Å². The van der Waals surface area contributed by atoms with Gasteiger partial charge in [0.1, 0.15) is 0 Å². The lowest BCUT2D eigenvalue weighted by atomic mass is 9.88. The molecule has 0 bridgehead atoms.